The van der Waals surface area contributed by atoms with Crippen LogP contribution in [0.1, 0.15) is 22.8 Å². The van der Waals surface area contributed by atoms with Gasteiger partial charge in [-0.25, -0.2) is 0 Å². The Balaban J connectivity index is 2.02. The van der Waals surface area contributed by atoms with E-state index < -0.39 is 0 Å². The van der Waals surface area contributed by atoms with Gasteiger partial charge < -0.3 is 10.1 Å². The van der Waals surface area contributed by atoms with E-state index in [-0.39, 0.29) is 6.10 Å². The lowest BCUT2D eigenvalue weighted by Gasteiger charge is -2.27. The van der Waals surface area contributed by atoms with Gasteiger partial charge in [-0.2, -0.15) is 0 Å². The lowest BCUT2D eigenvalue weighted by molar-refractivity contribution is 0.00902. The van der Waals surface area contributed by atoms with Gasteiger partial charge in [-0.05, 0) is 26.0 Å². The quantitative estimate of drug-likeness (QED) is 0.744. The van der Waals surface area contributed by atoms with E-state index in [0.717, 1.165) is 13.2 Å². The fourth-order valence-electron chi connectivity index (χ4n) is 1.50. The zero-order valence-electron chi connectivity index (χ0n) is 8.04. The molecule has 1 fully saturated rings. The molecular formula is C10H15NOS. The third-order valence-corrected chi connectivity index (χ3v) is 3.37. The highest BCUT2D eigenvalue weighted by Gasteiger charge is 2.20. The molecule has 1 aromatic rings. The van der Waals surface area contributed by atoms with Gasteiger partial charge in [0.05, 0.1) is 6.61 Å². The molecule has 3 heteroatoms. The molecule has 72 valence electrons. The van der Waals surface area contributed by atoms with E-state index in [1.807, 2.05) is 11.3 Å². The predicted molar refractivity (Wildman–Crippen MR) is 55.2 cm³/mol. The van der Waals surface area contributed by atoms with Crippen molar-refractivity contribution in [1.82, 2.24) is 5.32 Å². The van der Waals surface area contributed by atoms with Crippen LogP contribution in [0.25, 0.3) is 0 Å². The highest BCUT2D eigenvalue weighted by atomic mass is 32.1. The summed E-state index contributed by atoms with van der Waals surface area (Å²) in [7, 11) is 0. The van der Waals surface area contributed by atoms with E-state index in [4.69, 9.17) is 4.74 Å². The Morgan fingerprint density at radius 1 is 1.54 bits per heavy atom. The Kier molecular flexibility index (Phi) is 2.67. The lowest BCUT2D eigenvalue weighted by atomic mass is 10.2. The SMILES string of the molecule is Cc1ccc(C2CNC(C)CO2)s1. The summed E-state index contributed by atoms with van der Waals surface area (Å²) in [5.41, 5.74) is 0. The minimum atomic E-state index is 0.273. The highest BCUT2D eigenvalue weighted by Crippen LogP contribution is 2.26. The first-order valence-electron chi connectivity index (χ1n) is 4.67. The second kappa shape index (κ2) is 3.78. The third kappa shape index (κ3) is 2.10. The van der Waals surface area contributed by atoms with Crippen LogP contribution in [-0.2, 0) is 4.74 Å². The number of aryl methyl sites for hydroxylation is 1. The molecule has 2 atom stereocenters. The first-order chi connectivity index (χ1) is 6.25. The normalized spacial score (nSPS) is 29.1. The standard InChI is InChI=1S/C10H15NOS/c1-7-6-12-9(5-11-7)10-4-3-8(2)13-10/h3-4,7,9,11H,5-6H2,1-2H3. The van der Waals surface area contributed by atoms with Gasteiger partial charge in [0.1, 0.15) is 6.10 Å². The van der Waals surface area contributed by atoms with Crippen molar-refractivity contribution < 1.29 is 4.74 Å². The van der Waals surface area contributed by atoms with Crippen molar-refractivity contribution in [3.05, 3.63) is 21.9 Å². The lowest BCUT2D eigenvalue weighted by Crippen LogP contribution is -2.40. The molecule has 2 nitrogen and oxygen atoms in total. The molecule has 0 radical (unpaired) electrons. The molecule has 0 bridgehead atoms. The van der Waals surface area contributed by atoms with Crippen LogP contribution in [0.4, 0.5) is 0 Å². The highest BCUT2D eigenvalue weighted by molar-refractivity contribution is 7.12. The molecule has 0 aliphatic carbocycles. The van der Waals surface area contributed by atoms with Crippen LogP contribution in [0.3, 0.4) is 0 Å². The van der Waals surface area contributed by atoms with Crippen molar-refractivity contribution in [2.24, 2.45) is 0 Å². The molecule has 0 amide bonds. The molecule has 1 aromatic heterocycles. The first-order valence-corrected chi connectivity index (χ1v) is 5.48. The van der Waals surface area contributed by atoms with E-state index in [0.29, 0.717) is 6.04 Å². The molecule has 1 N–H and O–H groups in total. The van der Waals surface area contributed by atoms with Gasteiger partial charge in [-0.15, -0.1) is 11.3 Å². The van der Waals surface area contributed by atoms with Crippen molar-refractivity contribution in [1.29, 1.82) is 0 Å². The average Bonchev–Trinajstić information content (AvgIpc) is 2.53. The largest absolute Gasteiger partial charge is 0.370 e. The third-order valence-electron chi connectivity index (χ3n) is 2.28. The van der Waals surface area contributed by atoms with E-state index in [1.165, 1.54) is 9.75 Å². The van der Waals surface area contributed by atoms with Crippen molar-refractivity contribution in [3.63, 3.8) is 0 Å². The molecule has 2 unspecified atom stereocenters. The number of rotatable bonds is 1. The summed E-state index contributed by atoms with van der Waals surface area (Å²) >= 11 is 1.83. The van der Waals surface area contributed by atoms with E-state index >= 15 is 0 Å². The summed E-state index contributed by atoms with van der Waals surface area (Å²) in [5, 5.41) is 3.42. The summed E-state index contributed by atoms with van der Waals surface area (Å²) in [6.07, 6.45) is 0.273. The second-order valence-corrected chi connectivity index (χ2v) is 4.90. The Bertz CT molecular complexity index is 276. The summed E-state index contributed by atoms with van der Waals surface area (Å²) in [6, 6.07) is 4.82. The molecule has 2 rings (SSSR count). The molecule has 0 spiro atoms. The van der Waals surface area contributed by atoms with Gasteiger partial charge in [0.15, 0.2) is 0 Å². The van der Waals surface area contributed by atoms with Crippen LogP contribution < -0.4 is 5.32 Å². The molecule has 2 heterocycles. The summed E-state index contributed by atoms with van der Waals surface area (Å²) in [5.74, 6) is 0. The minimum absolute atomic E-state index is 0.273. The molecule has 0 aromatic carbocycles. The number of hydrogen-bond acceptors (Lipinski definition) is 3. The van der Waals surface area contributed by atoms with Gasteiger partial charge in [0, 0.05) is 22.3 Å². The average molecular weight is 197 g/mol. The van der Waals surface area contributed by atoms with E-state index in [9.17, 15) is 0 Å². The number of thiophene rings is 1. The van der Waals surface area contributed by atoms with Crippen LogP contribution >= 0.6 is 11.3 Å². The van der Waals surface area contributed by atoms with Gasteiger partial charge >= 0.3 is 0 Å². The molecule has 1 aliphatic heterocycles. The maximum Gasteiger partial charge on any atom is 0.104 e. The number of ether oxygens (including phenoxy) is 1. The number of morpholine rings is 1. The Hall–Kier alpha value is -0.380. The topological polar surface area (TPSA) is 21.3 Å². The Labute approximate surface area is 82.9 Å². The van der Waals surface area contributed by atoms with Gasteiger partial charge in [0.25, 0.3) is 0 Å². The maximum atomic E-state index is 5.74. The summed E-state index contributed by atoms with van der Waals surface area (Å²) in [6.45, 7) is 6.05. The second-order valence-electron chi connectivity index (χ2n) is 3.58. The summed E-state index contributed by atoms with van der Waals surface area (Å²) in [4.78, 5) is 2.70. The molecule has 13 heavy (non-hydrogen) atoms. The van der Waals surface area contributed by atoms with Crippen LogP contribution in [0.5, 0.6) is 0 Å². The van der Waals surface area contributed by atoms with Crippen LogP contribution in [0.15, 0.2) is 12.1 Å². The smallest absolute Gasteiger partial charge is 0.104 e. The fourth-order valence-corrected chi connectivity index (χ4v) is 2.42. The first kappa shape index (κ1) is 9.19. The van der Waals surface area contributed by atoms with Crippen molar-refractivity contribution in [2.45, 2.75) is 26.0 Å². The Morgan fingerprint density at radius 3 is 2.92 bits per heavy atom. The van der Waals surface area contributed by atoms with Crippen LogP contribution in [0, 0.1) is 6.92 Å². The monoisotopic (exact) mass is 197 g/mol. The van der Waals surface area contributed by atoms with Crippen molar-refractivity contribution in [3.8, 4) is 0 Å². The molecule has 1 saturated heterocycles. The molecular weight excluding hydrogens is 182 g/mol. The Morgan fingerprint density at radius 2 is 2.38 bits per heavy atom. The zero-order valence-corrected chi connectivity index (χ0v) is 8.86. The van der Waals surface area contributed by atoms with Crippen LogP contribution in [-0.4, -0.2) is 19.2 Å². The fraction of sp³-hybridized carbons (Fsp3) is 0.600. The van der Waals surface area contributed by atoms with Gasteiger partial charge in [-0.3, -0.25) is 0 Å². The zero-order chi connectivity index (χ0) is 9.26. The van der Waals surface area contributed by atoms with Crippen molar-refractivity contribution >= 4 is 11.3 Å². The van der Waals surface area contributed by atoms with Crippen molar-refractivity contribution in [2.75, 3.05) is 13.2 Å². The number of hydrogen-bond donors (Lipinski definition) is 1. The van der Waals surface area contributed by atoms with Crippen LogP contribution in [0.2, 0.25) is 0 Å². The van der Waals surface area contributed by atoms with Gasteiger partial charge in [0.2, 0.25) is 0 Å². The minimum Gasteiger partial charge on any atom is -0.370 e. The van der Waals surface area contributed by atoms with E-state index in [1.54, 1.807) is 0 Å². The predicted octanol–water partition coefficient (Wildman–Crippen LogP) is 2.11. The molecule has 1 aliphatic rings. The summed E-state index contributed by atoms with van der Waals surface area (Å²) < 4.78 is 5.74. The number of nitrogens with one attached hydrogen (secondary N) is 1. The molecule has 0 saturated carbocycles. The maximum absolute atomic E-state index is 5.74. The van der Waals surface area contributed by atoms with E-state index in [2.05, 4.69) is 31.3 Å². The van der Waals surface area contributed by atoms with Gasteiger partial charge in [-0.1, -0.05) is 0 Å².